The molecule has 5 nitrogen and oxygen atoms in total. The molecule has 2 atom stereocenters. The molecule has 1 aromatic rings. The van der Waals surface area contributed by atoms with E-state index in [1.807, 2.05) is 0 Å². The van der Waals surface area contributed by atoms with E-state index in [0.29, 0.717) is 22.7 Å². The van der Waals surface area contributed by atoms with Crippen molar-refractivity contribution in [1.29, 1.82) is 0 Å². The van der Waals surface area contributed by atoms with Crippen molar-refractivity contribution in [1.82, 2.24) is 0 Å². The summed E-state index contributed by atoms with van der Waals surface area (Å²) in [6, 6.07) is 3.52. The number of nitrogens with zero attached hydrogens (tertiary/aromatic N) is 1. The molecule has 1 aliphatic carbocycles. The number of hydrogen-bond donors (Lipinski definition) is 1. The Morgan fingerprint density at radius 1 is 1.38 bits per heavy atom. The van der Waals surface area contributed by atoms with E-state index < -0.39 is 4.92 Å². The lowest BCUT2D eigenvalue weighted by Crippen LogP contribution is -2.35. The number of nitrogens with one attached hydrogen (secondary N) is 1. The average molecular weight is 311 g/mol. The Balaban J connectivity index is 1.72. The molecule has 1 heterocycles. The number of rotatable bonds is 4. The number of benzene rings is 1. The highest BCUT2D eigenvalue weighted by molar-refractivity contribution is 6.33. The Labute approximate surface area is 128 Å². The van der Waals surface area contributed by atoms with Crippen molar-refractivity contribution >= 4 is 23.0 Å². The van der Waals surface area contributed by atoms with Gasteiger partial charge in [-0.2, -0.15) is 0 Å². The standard InChI is InChI=1S/C15H19ClN2O3/c1-9-6-13(12(16)8-14(9)18(19)20)17-11-4-5-21-15(7-11)10-2-3-10/h6,8,10-11,15,17H,2-5,7H2,1H3. The Bertz CT molecular complexity index is 560. The lowest BCUT2D eigenvalue weighted by Gasteiger charge is -2.31. The molecule has 0 bridgehead atoms. The molecule has 1 saturated heterocycles. The van der Waals surface area contributed by atoms with Gasteiger partial charge in [-0.1, -0.05) is 11.6 Å². The molecule has 21 heavy (non-hydrogen) atoms. The van der Waals surface area contributed by atoms with Gasteiger partial charge in [0.2, 0.25) is 0 Å². The fourth-order valence-electron chi connectivity index (χ4n) is 2.95. The van der Waals surface area contributed by atoms with E-state index >= 15 is 0 Å². The third-order valence-corrected chi connectivity index (χ3v) is 4.62. The monoisotopic (exact) mass is 310 g/mol. The van der Waals surface area contributed by atoms with Crippen LogP contribution >= 0.6 is 11.6 Å². The Morgan fingerprint density at radius 3 is 2.81 bits per heavy atom. The maximum atomic E-state index is 10.9. The summed E-state index contributed by atoms with van der Waals surface area (Å²) < 4.78 is 5.81. The minimum absolute atomic E-state index is 0.0633. The summed E-state index contributed by atoms with van der Waals surface area (Å²) in [7, 11) is 0. The zero-order chi connectivity index (χ0) is 15.0. The van der Waals surface area contributed by atoms with E-state index in [9.17, 15) is 10.1 Å². The molecule has 1 N–H and O–H groups in total. The van der Waals surface area contributed by atoms with E-state index in [1.54, 1.807) is 13.0 Å². The predicted molar refractivity (Wildman–Crippen MR) is 82.0 cm³/mol. The summed E-state index contributed by atoms with van der Waals surface area (Å²) in [6.45, 7) is 2.50. The van der Waals surface area contributed by atoms with E-state index in [0.717, 1.165) is 31.1 Å². The summed E-state index contributed by atoms with van der Waals surface area (Å²) >= 11 is 6.18. The maximum Gasteiger partial charge on any atom is 0.273 e. The minimum atomic E-state index is -0.400. The second-order valence-electron chi connectivity index (χ2n) is 5.99. The third-order valence-electron chi connectivity index (χ3n) is 4.30. The molecule has 1 aromatic carbocycles. The van der Waals surface area contributed by atoms with Gasteiger partial charge in [-0.15, -0.1) is 0 Å². The van der Waals surface area contributed by atoms with Gasteiger partial charge >= 0.3 is 0 Å². The number of ether oxygens (including phenoxy) is 1. The lowest BCUT2D eigenvalue weighted by molar-refractivity contribution is -0.385. The highest BCUT2D eigenvalue weighted by Gasteiger charge is 2.36. The van der Waals surface area contributed by atoms with E-state index in [2.05, 4.69) is 5.32 Å². The molecule has 6 heteroatoms. The molecule has 2 aliphatic rings. The molecule has 0 aromatic heterocycles. The topological polar surface area (TPSA) is 64.4 Å². The van der Waals surface area contributed by atoms with Crippen LogP contribution in [-0.2, 0) is 4.74 Å². The van der Waals surface area contributed by atoms with Gasteiger partial charge in [-0.25, -0.2) is 0 Å². The number of hydrogen-bond acceptors (Lipinski definition) is 4. The van der Waals surface area contributed by atoms with Crippen LogP contribution in [0.5, 0.6) is 0 Å². The quantitative estimate of drug-likeness (QED) is 0.676. The van der Waals surface area contributed by atoms with Crippen LogP contribution in [0.1, 0.15) is 31.2 Å². The first-order valence-corrected chi connectivity index (χ1v) is 7.75. The van der Waals surface area contributed by atoms with Gasteiger partial charge in [0.15, 0.2) is 0 Å². The first-order chi connectivity index (χ1) is 10.0. The van der Waals surface area contributed by atoms with Crippen LogP contribution in [0.25, 0.3) is 0 Å². The zero-order valence-corrected chi connectivity index (χ0v) is 12.7. The molecule has 0 spiro atoms. The normalized spacial score (nSPS) is 25.6. The van der Waals surface area contributed by atoms with Crippen molar-refractivity contribution in [2.45, 2.75) is 44.8 Å². The number of aryl methyl sites for hydroxylation is 1. The summed E-state index contributed by atoms with van der Waals surface area (Å²) in [5.41, 5.74) is 1.47. The summed E-state index contributed by atoms with van der Waals surface area (Å²) in [5, 5.41) is 14.7. The van der Waals surface area contributed by atoms with Crippen molar-refractivity contribution in [3.63, 3.8) is 0 Å². The van der Waals surface area contributed by atoms with Crippen molar-refractivity contribution in [2.75, 3.05) is 11.9 Å². The molecular formula is C15H19ClN2O3. The van der Waals surface area contributed by atoms with Crippen LogP contribution < -0.4 is 5.32 Å². The molecule has 2 fully saturated rings. The van der Waals surface area contributed by atoms with Gasteiger partial charge in [0.05, 0.1) is 21.7 Å². The number of nitro benzene ring substituents is 1. The average Bonchev–Trinajstić information content (AvgIpc) is 3.27. The zero-order valence-electron chi connectivity index (χ0n) is 12.0. The Morgan fingerprint density at radius 2 is 2.14 bits per heavy atom. The van der Waals surface area contributed by atoms with Crippen molar-refractivity contribution in [2.24, 2.45) is 5.92 Å². The smallest absolute Gasteiger partial charge is 0.273 e. The van der Waals surface area contributed by atoms with Gasteiger partial charge in [0.25, 0.3) is 5.69 Å². The van der Waals surface area contributed by atoms with Gasteiger partial charge < -0.3 is 10.1 Å². The van der Waals surface area contributed by atoms with Crippen LogP contribution in [-0.4, -0.2) is 23.7 Å². The van der Waals surface area contributed by atoms with Crippen molar-refractivity contribution < 1.29 is 9.66 Å². The number of halogens is 1. The van der Waals surface area contributed by atoms with Gasteiger partial charge in [0.1, 0.15) is 0 Å². The molecule has 3 rings (SSSR count). The van der Waals surface area contributed by atoms with Crippen LogP contribution in [0.4, 0.5) is 11.4 Å². The SMILES string of the molecule is Cc1cc(NC2CCOC(C3CC3)C2)c(Cl)cc1[N+](=O)[O-]. The van der Waals surface area contributed by atoms with Gasteiger partial charge in [-0.3, -0.25) is 10.1 Å². The summed E-state index contributed by atoms with van der Waals surface area (Å²) in [4.78, 5) is 10.5. The molecule has 1 saturated carbocycles. The second-order valence-corrected chi connectivity index (χ2v) is 6.40. The third kappa shape index (κ3) is 3.30. The fraction of sp³-hybridized carbons (Fsp3) is 0.600. The molecule has 0 amide bonds. The summed E-state index contributed by atoms with van der Waals surface area (Å²) in [6.07, 6.45) is 4.82. The molecular weight excluding hydrogens is 292 g/mol. The number of nitro groups is 1. The highest BCUT2D eigenvalue weighted by atomic mass is 35.5. The fourth-order valence-corrected chi connectivity index (χ4v) is 3.17. The molecule has 114 valence electrons. The maximum absolute atomic E-state index is 10.9. The lowest BCUT2D eigenvalue weighted by atomic mass is 9.99. The second kappa shape index (κ2) is 5.81. The van der Waals surface area contributed by atoms with E-state index in [1.165, 1.54) is 18.9 Å². The summed E-state index contributed by atoms with van der Waals surface area (Å²) in [5.74, 6) is 0.726. The predicted octanol–water partition coefficient (Wildman–Crippen LogP) is 3.93. The Hall–Kier alpha value is -1.33. The van der Waals surface area contributed by atoms with Crippen molar-refractivity contribution in [3.05, 3.63) is 32.8 Å². The molecule has 2 unspecified atom stereocenters. The van der Waals surface area contributed by atoms with E-state index in [-0.39, 0.29) is 5.69 Å². The molecule has 1 aliphatic heterocycles. The Kier molecular flexibility index (Phi) is 4.04. The molecule has 0 radical (unpaired) electrons. The van der Waals surface area contributed by atoms with Crippen LogP contribution in [0.3, 0.4) is 0 Å². The number of anilines is 1. The van der Waals surface area contributed by atoms with Crippen LogP contribution in [0.2, 0.25) is 5.02 Å². The van der Waals surface area contributed by atoms with Crippen LogP contribution in [0, 0.1) is 23.0 Å². The minimum Gasteiger partial charge on any atom is -0.381 e. The van der Waals surface area contributed by atoms with E-state index in [4.69, 9.17) is 16.3 Å². The van der Waals surface area contributed by atoms with Crippen LogP contribution in [0.15, 0.2) is 12.1 Å². The van der Waals surface area contributed by atoms with Crippen molar-refractivity contribution in [3.8, 4) is 0 Å². The van der Waals surface area contributed by atoms with Gasteiger partial charge in [-0.05, 0) is 44.6 Å². The first-order valence-electron chi connectivity index (χ1n) is 7.37. The van der Waals surface area contributed by atoms with Gasteiger partial charge in [0, 0.05) is 24.3 Å². The first kappa shape index (κ1) is 14.6. The highest BCUT2D eigenvalue weighted by Crippen LogP contribution is 2.39. The largest absolute Gasteiger partial charge is 0.381 e.